The topological polar surface area (TPSA) is 87.0 Å². The largest absolute Gasteiger partial charge is 0.457 e. The molecule has 0 saturated carbocycles. The Kier molecular flexibility index (Phi) is 6.98. The Bertz CT molecular complexity index is 1660. The highest BCUT2D eigenvalue weighted by molar-refractivity contribution is 7.10. The molecule has 0 N–H and O–H groups in total. The number of esters is 2. The number of nitrogens with zero attached hydrogens (tertiary/aromatic N) is 2. The van der Waals surface area contributed by atoms with E-state index in [1.165, 1.54) is 29.6 Å². The third-order valence-corrected chi connectivity index (χ3v) is 7.61. The first-order valence-corrected chi connectivity index (χ1v) is 13.2. The SMILES string of the molecule is CC(=O)Oc1ccc(/C=c2/sc3n(c2=O)[C@H](c2cccs2)C(C(=O)OCc2ccccc2)=C(C)N=3)cc1. The number of fused-ring (bicyclic) bond motifs is 1. The maximum atomic E-state index is 13.6. The Labute approximate surface area is 220 Å². The van der Waals surface area contributed by atoms with Crippen LogP contribution in [0.1, 0.15) is 35.9 Å². The summed E-state index contributed by atoms with van der Waals surface area (Å²) in [6.45, 7) is 3.23. The fourth-order valence-corrected chi connectivity index (χ4v) is 5.92. The molecule has 0 saturated heterocycles. The van der Waals surface area contributed by atoms with Crippen LogP contribution < -0.4 is 19.6 Å². The smallest absolute Gasteiger partial charge is 0.338 e. The van der Waals surface area contributed by atoms with E-state index in [0.29, 0.717) is 26.4 Å². The number of ether oxygens (including phenoxy) is 2. The highest BCUT2D eigenvalue weighted by Crippen LogP contribution is 2.33. The lowest BCUT2D eigenvalue weighted by Crippen LogP contribution is -2.39. The Morgan fingerprint density at radius 3 is 2.49 bits per heavy atom. The van der Waals surface area contributed by atoms with Gasteiger partial charge >= 0.3 is 11.9 Å². The molecule has 186 valence electrons. The van der Waals surface area contributed by atoms with E-state index in [2.05, 4.69) is 4.99 Å². The van der Waals surface area contributed by atoms with Gasteiger partial charge in [0, 0.05) is 11.8 Å². The van der Waals surface area contributed by atoms with Crippen molar-refractivity contribution in [1.29, 1.82) is 0 Å². The Balaban J connectivity index is 1.53. The summed E-state index contributed by atoms with van der Waals surface area (Å²) < 4.78 is 12.8. The molecule has 1 atom stereocenters. The van der Waals surface area contributed by atoms with Crippen LogP contribution in [0.2, 0.25) is 0 Å². The highest BCUT2D eigenvalue weighted by atomic mass is 32.1. The molecule has 37 heavy (non-hydrogen) atoms. The second kappa shape index (κ2) is 10.5. The Hall–Kier alpha value is -4.08. The van der Waals surface area contributed by atoms with Crippen molar-refractivity contribution in [2.75, 3.05) is 0 Å². The molecule has 0 bridgehead atoms. The van der Waals surface area contributed by atoms with Crippen LogP contribution in [0.3, 0.4) is 0 Å². The number of rotatable bonds is 6. The van der Waals surface area contributed by atoms with E-state index in [-0.39, 0.29) is 12.2 Å². The van der Waals surface area contributed by atoms with Gasteiger partial charge in [-0.2, -0.15) is 0 Å². The van der Waals surface area contributed by atoms with Gasteiger partial charge in [-0.25, -0.2) is 9.79 Å². The van der Waals surface area contributed by atoms with Crippen LogP contribution in [0.25, 0.3) is 6.08 Å². The molecule has 1 aliphatic rings. The number of hydrogen-bond acceptors (Lipinski definition) is 8. The van der Waals surface area contributed by atoms with Gasteiger partial charge in [0.2, 0.25) is 0 Å². The Morgan fingerprint density at radius 1 is 1.05 bits per heavy atom. The van der Waals surface area contributed by atoms with Crippen molar-refractivity contribution in [2.24, 2.45) is 4.99 Å². The molecule has 0 spiro atoms. The number of thiophene rings is 1. The summed E-state index contributed by atoms with van der Waals surface area (Å²) in [7, 11) is 0. The third-order valence-electron chi connectivity index (χ3n) is 5.71. The molecule has 0 unspecified atom stereocenters. The van der Waals surface area contributed by atoms with Crippen molar-refractivity contribution in [1.82, 2.24) is 4.57 Å². The van der Waals surface area contributed by atoms with Crippen LogP contribution in [0.15, 0.2) is 93.2 Å². The molecule has 0 amide bonds. The molecule has 2 aromatic carbocycles. The zero-order valence-corrected chi connectivity index (χ0v) is 21.7. The van der Waals surface area contributed by atoms with Gasteiger partial charge in [0.1, 0.15) is 18.4 Å². The van der Waals surface area contributed by atoms with Crippen LogP contribution in [0.4, 0.5) is 0 Å². The summed E-state index contributed by atoms with van der Waals surface area (Å²) in [4.78, 5) is 44.1. The third kappa shape index (κ3) is 5.23. The second-order valence-electron chi connectivity index (χ2n) is 8.32. The maximum absolute atomic E-state index is 13.6. The number of aromatic nitrogens is 1. The first kappa shape index (κ1) is 24.6. The summed E-state index contributed by atoms with van der Waals surface area (Å²) in [5.74, 6) is -0.472. The van der Waals surface area contributed by atoms with Crippen molar-refractivity contribution in [3.8, 4) is 5.75 Å². The average molecular weight is 531 g/mol. The summed E-state index contributed by atoms with van der Waals surface area (Å²) in [6, 6.07) is 19.5. The summed E-state index contributed by atoms with van der Waals surface area (Å²) >= 11 is 2.73. The minimum atomic E-state index is -0.631. The number of allylic oxidation sites excluding steroid dienone is 1. The molecule has 0 fully saturated rings. The number of thiazole rings is 1. The van der Waals surface area contributed by atoms with Gasteiger partial charge in [-0.15, -0.1) is 11.3 Å². The van der Waals surface area contributed by atoms with Crippen LogP contribution >= 0.6 is 22.7 Å². The van der Waals surface area contributed by atoms with Crippen molar-refractivity contribution in [2.45, 2.75) is 26.5 Å². The molecule has 3 heterocycles. The lowest BCUT2D eigenvalue weighted by Gasteiger charge is -2.23. The molecule has 2 aromatic heterocycles. The van der Waals surface area contributed by atoms with E-state index in [1.807, 2.05) is 47.8 Å². The van der Waals surface area contributed by atoms with Crippen LogP contribution in [-0.4, -0.2) is 16.5 Å². The monoisotopic (exact) mass is 530 g/mol. The van der Waals surface area contributed by atoms with Gasteiger partial charge in [-0.3, -0.25) is 14.2 Å². The summed E-state index contributed by atoms with van der Waals surface area (Å²) in [6.07, 6.45) is 1.76. The highest BCUT2D eigenvalue weighted by Gasteiger charge is 2.34. The van der Waals surface area contributed by atoms with Gasteiger partial charge < -0.3 is 9.47 Å². The minimum Gasteiger partial charge on any atom is -0.457 e. The molecule has 7 nitrogen and oxygen atoms in total. The Morgan fingerprint density at radius 2 is 1.81 bits per heavy atom. The summed E-state index contributed by atoms with van der Waals surface area (Å²) in [5.41, 5.74) is 2.27. The quantitative estimate of drug-likeness (QED) is 0.278. The normalized spacial score (nSPS) is 15.2. The van der Waals surface area contributed by atoms with Gasteiger partial charge in [-0.05, 0) is 47.7 Å². The molecule has 9 heteroatoms. The predicted molar refractivity (Wildman–Crippen MR) is 142 cm³/mol. The zero-order valence-electron chi connectivity index (χ0n) is 20.0. The van der Waals surface area contributed by atoms with Crippen LogP contribution in [0, 0.1) is 0 Å². The van der Waals surface area contributed by atoms with E-state index in [1.54, 1.807) is 41.8 Å². The fraction of sp³-hybridized carbons (Fsp3) is 0.143. The van der Waals surface area contributed by atoms with E-state index < -0.39 is 18.0 Å². The maximum Gasteiger partial charge on any atom is 0.338 e. The zero-order chi connectivity index (χ0) is 25.9. The molecule has 0 aliphatic carbocycles. The predicted octanol–water partition coefficient (Wildman–Crippen LogP) is 3.97. The molecular weight excluding hydrogens is 508 g/mol. The molecular formula is C28H22N2O5S2. The lowest BCUT2D eigenvalue weighted by molar-refractivity contribution is -0.141. The van der Waals surface area contributed by atoms with Gasteiger partial charge in [-0.1, -0.05) is 59.9 Å². The van der Waals surface area contributed by atoms with Crippen molar-refractivity contribution >= 4 is 40.7 Å². The molecule has 0 radical (unpaired) electrons. The van der Waals surface area contributed by atoms with Crippen molar-refractivity contribution in [3.63, 3.8) is 0 Å². The van der Waals surface area contributed by atoms with Gasteiger partial charge in [0.15, 0.2) is 4.80 Å². The first-order valence-electron chi connectivity index (χ1n) is 11.5. The number of carbonyl (C=O) groups is 2. The second-order valence-corrected chi connectivity index (χ2v) is 10.3. The van der Waals surface area contributed by atoms with E-state index in [0.717, 1.165) is 16.0 Å². The standard InChI is InChI=1S/C28H22N2O5S2/c1-17-24(27(33)34-16-20-7-4-3-5-8-20)25(22-9-6-14-36-22)30-26(32)23(37-28(30)29-17)15-19-10-12-21(13-11-19)35-18(2)31/h3-15,25H,16H2,1-2H3/b23-15+/t25-/m1/s1. The number of carbonyl (C=O) groups excluding carboxylic acids is 2. The number of hydrogen-bond donors (Lipinski definition) is 0. The van der Waals surface area contributed by atoms with Crippen LogP contribution in [0.5, 0.6) is 5.75 Å². The number of benzene rings is 2. The average Bonchev–Trinajstić information content (AvgIpc) is 3.52. The molecule has 1 aliphatic heterocycles. The van der Waals surface area contributed by atoms with E-state index in [9.17, 15) is 14.4 Å². The molecule has 5 rings (SSSR count). The molecule has 4 aromatic rings. The van der Waals surface area contributed by atoms with E-state index >= 15 is 0 Å². The van der Waals surface area contributed by atoms with Crippen molar-refractivity contribution in [3.05, 3.63) is 119 Å². The van der Waals surface area contributed by atoms with E-state index in [4.69, 9.17) is 9.47 Å². The van der Waals surface area contributed by atoms with Gasteiger partial charge in [0.25, 0.3) is 5.56 Å². The minimum absolute atomic E-state index is 0.126. The van der Waals surface area contributed by atoms with Gasteiger partial charge in [0.05, 0.1) is 15.8 Å². The van der Waals surface area contributed by atoms with Crippen molar-refractivity contribution < 1.29 is 19.1 Å². The van der Waals surface area contributed by atoms with Crippen LogP contribution in [-0.2, 0) is 20.9 Å². The lowest BCUT2D eigenvalue weighted by atomic mass is 10.0. The fourth-order valence-electron chi connectivity index (χ4n) is 4.05. The first-order chi connectivity index (χ1) is 17.9. The summed E-state index contributed by atoms with van der Waals surface area (Å²) in [5, 5.41) is 1.91.